The van der Waals surface area contributed by atoms with Gasteiger partial charge >= 0.3 is 12.1 Å². The summed E-state index contributed by atoms with van der Waals surface area (Å²) in [5.41, 5.74) is 2.78. The lowest BCUT2D eigenvalue weighted by Crippen LogP contribution is -2.24. The molecule has 0 fully saturated rings. The van der Waals surface area contributed by atoms with Crippen LogP contribution in [0.3, 0.4) is 0 Å². The Labute approximate surface area is 247 Å². The van der Waals surface area contributed by atoms with Crippen LogP contribution in [-0.4, -0.2) is 86.7 Å². The Hall–Kier alpha value is -5.06. The van der Waals surface area contributed by atoms with E-state index in [0.29, 0.717) is 29.4 Å². The quantitative estimate of drug-likeness (QED) is 0.159. The van der Waals surface area contributed by atoms with E-state index in [1.165, 1.54) is 10.9 Å². The highest BCUT2D eigenvalue weighted by Gasteiger charge is 2.38. The molecule has 236 valence electrons. The highest BCUT2D eigenvalue weighted by Crippen LogP contribution is 2.24. The molecule has 2 heterocycles. The Bertz CT molecular complexity index is 1590. The minimum absolute atomic E-state index is 0.0228. The maximum absolute atomic E-state index is 12.8. The van der Waals surface area contributed by atoms with Crippen molar-refractivity contribution in [3.05, 3.63) is 65.7 Å². The van der Waals surface area contributed by atoms with Crippen molar-refractivity contribution in [1.29, 1.82) is 0 Å². The van der Waals surface area contributed by atoms with Crippen LogP contribution in [0.25, 0.3) is 16.7 Å². The number of carboxylic acid groups (broad SMARTS) is 1. The minimum atomic E-state index is -5.08. The van der Waals surface area contributed by atoms with Crippen LogP contribution < -0.4 is 15.4 Å². The molecule has 0 saturated heterocycles. The van der Waals surface area contributed by atoms with Gasteiger partial charge in [0.2, 0.25) is 0 Å². The van der Waals surface area contributed by atoms with Crippen LogP contribution in [0.5, 0.6) is 5.75 Å². The van der Waals surface area contributed by atoms with Crippen LogP contribution in [0.15, 0.2) is 48.7 Å². The zero-order valence-corrected chi connectivity index (χ0v) is 23.6. The molecule has 4 aromatic rings. The van der Waals surface area contributed by atoms with Crippen molar-refractivity contribution in [2.45, 2.75) is 19.6 Å². The molecule has 0 aliphatic heterocycles. The molecule has 0 aliphatic carbocycles. The predicted molar refractivity (Wildman–Crippen MR) is 147 cm³/mol. The van der Waals surface area contributed by atoms with Crippen molar-refractivity contribution in [1.82, 2.24) is 35.2 Å². The highest BCUT2D eigenvalue weighted by atomic mass is 19.4. The van der Waals surface area contributed by atoms with Gasteiger partial charge in [0.15, 0.2) is 5.69 Å². The lowest BCUT2D eigenvalue weighted by Gasteiger charge is -2.13. The fourth-order valence-electron chi connectivity index (χ4n) is 3.68. The Kier molecular flexibility index (Phi) is 11.7. The number of carbonyl (C=O) groups is 3. The van der Waals surface area contributed by atoms with Gasteiger partial charge in [-0.15, -0.1) is 5.10 Å². The number of fused-ring (bicyclic) bond motifs is 1. The molecule has 0 saturated carbocycles. The molecule has 0 bridgehead atoms. The number of nitrogens with one attached hydrogen (secondary N) is 2. The zero-order chi connectivity index (χ0) is 32.3. The van der Waals surface area contributed by atoms with Crippen LogP contribution in [0, 0.1) is 0 Å². The third kappa shape index (κ3) is 8.97. The van der Waals surface area contributed by atoms with Crippen molar-refractivity contribution >= 4 is 28.8 Å². The SMILES string of the molecule is CCNC(=O)c1ccc(-n2cc(C(=O)NCc3nc4ccccc4n3C)nn2)c(OCCOCCF)c1.O=C(O)C(F)(F)F. The van der Waals surface area contributed by atoms with E-state index in [-0.39, 0.29) is 38.0 Å². The average Bonchev–Trinajstić information content (AvgIpc) is 3.61. The number of alkyl halides is 4. The van der Waals surface area contributed by atoms with Gasteiger partial charge in [-0.1, -0.05) is 17.3 Å². The first kappa shape index (κ1) is 33.4. The number of carbonyl (C=O) groups excluding carboxylic acids is 2. The number of hydrogen-bond donors (Lipinski definition) is 3. The summed E-state index contributed by atoms with van der Waals surface area (Å²) < 4.78 is 58.2. The number of aromatic nitrogens is 5. The first-order valence-electron chi connectivity index (χ1n) is 13.1. The van der Waals surface area contributed by atoms with Gasteiger partial charge in [-0.2, -0.15) is 13.2 Å². The van der Waals surface area contributed by atoms with E-state index in [4.69, 9.17) is 19.4 Å². The molecule has 0 unspecified atom stereocenters. The number of ether oxygens (including phenoxy) is 2. The summed E-state index contributed by atoms with van der Waals surface area (Å²) in [5, 5.41) is 20.7. The molecule has 0 aliphatic rings. The van der Waals surface area contributed by atoms with E-state index in [0.717, 1.165) is 11.0 Å². The number of benzene rings is 2. The number of carboxylic acids is 1. The van der Waals surface area contributed by atoms with Gasteiger partial charge in [0.05, 0.1) is 37.0 Å². The summed E-state index contributed by atoms with van der Waals surface area (Å²) in [6, 6.07) is 12.6. The van der Waals surface area contributed by atoms with E-state index in [1.807, 2.05) is 42.8 Å². The molecule has 0 spiro atoms. The molecular weight excluding hydrogens is 594 g/mol. The number of para-hydroxylation sites is 2. The van der Waals surface area contributed by atoms with Crippen molar-refractivity contribution in [2.24, 2.45) is 7.05 Å². The highest BCUT2D eigenvalue weighted by molar-refractivity contribution is 5.95. The van der Waals surface area contributed by atoms with Gasteiger partial charge in [-0.25, -0.2) is 18.9 Å². The number of rotatable bonds is 12. The second-order valence-electron chi connectivity index (χ2n) is 8.80. The normalized spacial score (nSPS) is 11.0. The number of aryl methyl sites for hydroxylation is 1. The molecule has 17 heteroatoms. The Morgan fingerprint density at radius 3 is 2.41 bits per heavy atom. The summed E-state index contributed by atoms with van der Waals surface area (Å²) in [7, 11) is 1.89. The van der Waals surface area contributed by atoms with Crippen LogP contribution in [0.4, 0.5) is 17.6 Å². The molecule has 0 atom stereocenters. The summed E-state index contributed by atoms with van der Waals surface area (Å²) in [4.78, 5) is 38.5. The fourth-order valence-corrected chi connectivity index (χ4v) is 3.68. The predicted octanol–water partition coefficient (Wildman–Crippen LogP) is 2.83. The molecule has 4 rings (SSSR count). The van der Waals surface area contributed by atoms with Crippen molar-refractivity contribution in [3.63, 3.8) is 0 Å². The molecule has 13 nitrogen and oxygen atoms in total. The first-order chi connectivity index (χ1) is 21.0. The standard InChI is InChI=1S/C25H28FN7O4.C2HF3O2/c1-3-27-24(34)17-8-9-21(22(14-17)37-13-12-36-11-10-26)33-16-19(30-31-33)25(35)28-15-23-29-18-6-4-5-7-20(18)32(23)2;3-2(4,5)1(6)7/h4-9,14,16H,3,10-13,15H2,1-2H3,(H,27,34)(H,28,35);(H,6,7). The first-order valence-corrected chi connectivity index (χ1v) is 13.1. The number of halogens is 4. The number of amides is 2. The van der Waals surface area contributed by atoms with Crippen LogP contribution >= 0.6 is 0 Å². The summed E-state index contributed by atoms with van der Waals surface area (Å²) >= 11 is 0. The van der Waals surface area contributed by atoms with Gasteiger partial charge in [0.1, 0.15) is 30.5 Å². The smallest absolute Gasteiger partial charge is 0.489 e. The van der Waals surface area contributed by atoms with Gasteiger partial charge in [-0.05, 0) is 37.3 Å². The van der Waals surface area contributed by atoms with Crippen LogP contribution in [0.1, 0.15) is 33.6 Å². The monoisotopic (exact) mass is 623 g/mol. The van der Waals surface area contributed by atoms with E-state index in [9.17, 15) is 27.2 Å². The minimum Gasteiger partial charge on any atom is -0.489 e. The summed E-state index contributed by atoms with van der Waals surface area (Å²) in [5.74, 6) is -2.39. The number of imidazole rings is 1. The third-order valence-corrected chi connectivity index (χ3v) is 5.77. The lowest BCUT2D eigenvalue weighted by atomic mass is 10.1. The third-order valence-electron chi connectivity index (χ3n) is 5.77. The maximum Gasteiger partial charge on any atom is 0.490 e. The van der Waals surface area contributed by atoms with Crippen molar-refractivity contribution < 1.29 is 46.5 Å². The Balaban J connectivity index is 0.000000676. The Morgan fingerprint density at radius 1 is 1.02 bits per heavy atom. The molecule has 0 radical (unpaired) electrons. The van der Waals surface area contributed by atoms with Gasteiger partial charge in [0, 0.05) is 19.2 Å². The molecule has 3 N–H and O–H groups in total. The molecule has 2 amide bonds. The van der Waals surface area contributed by atoms with Gasteiger partial charge in [0.25, 0.3) is 11.8 Å². The molecule has 2 aromatic heterocycles. The van der Waals surface area contributed by atoms with E-state index >= 15 is 0 Å². The maximum atomic E-state index is 12.8. The summed E-state index contributed by atoms with van der Waals surface area (Å²) in [6.45, 7) is 2.20. The van der Waals surface area contributed by atoms with Crippen molar-refractivity contribution in [2.75, 3.05) is 33.0 Å². The number of nitrogens with zero attached hydrogens (tertiary/aromatic N) is 5. The second kappa shape index (κ2) is 15.4. The zero-order valence-electron chi connectivity index (χ0n) is 23.6. The largest absolute Gasteiger partial charge is 0.490 e. The number of hydrogen-bond acceptors (Lipinski definition) is 8. The molecule has 44 heavy (non-hydrogen) atoms. The van der Waals surface area contributed by atoms with Crippen LogP contribution in [0.2, 0.25) is 0 Å². The van der Waals surface area contributed by atoms with E-state index < -0.39 is 24.7 Å². The molecular formula is C27H29F4N7O6. The number of aliphatic carboxylic acids is 1. The van der Waals surface area contributed by atoms with Gasteiger partial charge in [-0.3, -0.25) is 9.59 Å². The topological polar surface area (TPSA) is 162 Å². The molecule has 2 aromatic carbocycles. The van der Waals surface area contributed by atoms with E-state index in [1.54, 1.807) is 18.2 Å². The van der Waals surface area contributed by atoms with Gasteiger partial charge < -0.3 is 29.8 Å². The lowest BCUT2D eigenvalue weighted by molar-refractivity contribution is -0.192. The summed E-state index contributed by atoms with van der Waals surface area (Å²) in [6.07, 6.45) is -3.61. The van der Waals surface area contributed by atoms with Crippen molar-refractivity contribution in [3.8, 4) is 11.4 Å². The second-order valence-corrected chi connectivity index (χ2v) is 8.80. The van der Waals surface area contributed by atoms with Crippen LogP contribution in [-0.2, 0) is 23.1 Å². The average molecular weight is 624 g/mol. The fraction of sp³-hybridized carbons (Fsp3) is 0.333. The Morgan fingerprint density at radius 2 is 1.75 bits per heavy atom. The van der Waals surface area contributed by atoms with E-state index in [2.05, 4.69) is 25.9 Å².